The molecular weight excluding hydrogens is 245 g/mol. The summed E-state index contributed by atoms with van der Waals surface area (Å²) in [5.74, 6) is 0.985. The topological polar surface area (TPSA) is 27.6 Å². The number of nitrogens with one attached hydrogen (secondary N) is 1. The Hall–Kier alpha value is -0.930. The predicted molar refractivity (Wildman–Crippen MR) is 69.5 cm³/mol. The SMILES string of the molecule is CN=C1C[C@@H](C)N(c2ccc(Cl)c(Cl)c2)N1. The van der Waals surface area contributed by atoms with E-state index in [1.165, 1.54) is 0 Å². The van der Waals surface area contributed by atoms with Gasteiger partial charge in [-0.1, -0.05) is 23.2 Å². The van der Waals surface area contributed by atoms with Gasteiger partial charge in [0.1, 0.15) is 5.84 Å². The molecule has 86 valence electrons. The average molecular weight is 258 g/mol. The molecule has 16 heavy (non-hydrogen) atoms. The Balaban J connectivity index is 2.28. The van der Waals surface area contributed by atoms with Crippen molar-refractivity contribution in [3.05, 3.63) is 28.2 Å². The third kappa shape index (κ3) is 2.11. The number of benzene rings is 1. The van der Waals surface area contributed by atoms with Gasteiger partial charge in [0.25, 0.3) is 0 Å². The molecule has 0 saturated carbocycles. The predicted octanol–water partition coefficient (Wildman–Crippen LogP) is 3.12. The molecule has 1 aromatic carbocycles. The number of aliphatic imine (C=N–C) groups is 1. The standard InChI is InChI=1S/C11H13Cl2N3/c1-7-5-11(14-2)15-16(7)8-3-4-9(12)10(13)6-8/h3-4,6-7H,5H2,1-2H3,(H,14,15)/t7-/m1/s1. The molecule has 2 rings (SSSR count). The summed E-state index contributed by atoms with van der Waals surface area (Å²) in [5.41, 5.74) is 4.24. The first-order valence-electron chi connectivity index (χ1n) is 5.08. The summed E-state index contributed by atoms with van der Waals surface area (Å²) in [6.45, 7) is 2.13. The molecule has 1 N–H and O–H groups in total. The van der Waals surface area contributed by atoms with Crippen molar-refractivity contribution in [3.63, 3.8) is 0 Å². The molecule has 1 heterocycles. The van der Waals surface area contributed by atoms with Crippen LogP contribution in [0.4, 0.5) is 5.69 Å². The van der Waals surface area contributed by atoms with E-state index in [4.69, 9.17) is 23.2 Å². The number of rotatable bonds is 1. The monoisotopic (exact) mass is 257 g/mol. The summed E-state index contributed by atoms with van der Waals surface area (Å²) in [5, 5.41) is 3.18. The molecule has 1 aliphatic rings. The van der Waals surface area contributed by atoms with Crippen LogP contribution in [0, 0.1) is 0 Å². The Morgan fingerprint density at radius 3 is 2.69 bits per heavy atom. The molecule has 0 unspecified atom stereocenters. The summed E-state index contributed by atoms with van der Waals surface area (Å²) >= 11 is 11.9. The zero-order valence-corrected chi connectivity index (χ0v) is 10.7. The van der Waals surface area contributed by atoms with Crippen LogP contribution in [0.5, 0.6) is 0 Å². The van der Waals surface area contributed by atoms with E-state index in [9.17, 15) is 0 Å². The largest absolute Gasteiger partial charge is 0.285 e. The van der Waals surface area contributed by atoms with Crippen molar-refractivity contribution in [3.8, 4) is 0 Å². The number of amidine groups is 1. The van der Waals surface area contributed by atoms with E-state index >= 15 is 0 Å². The van der Waals surface area contributed by atoms with E-state index in [1.54, 1.807) is 13.1 Å². The van der Waals surface area contributed by atoms with Crippen molar-refractivity contribution in [1.29, 1.82) is 0 Å². The number of hydrogen-bond donors (Lipinski definition) is 1. The van der Waals surface area contributed by atoms with Gasteiger partial charge in [0, 0.05) is 13.5 Å². The second-order valence-corrected chi connectivity index (χ2v) is 4.62. The summed E-state index contributed by atoms with van der Waals surface area (Å²) in [6, 6.07) is 5.95. The molecule has 3 nitrogen and oxygen atoms in total. The third-order valence-corrected chi connectivity index (χ3v) is 3.37. The maximum Gasteiger partial charge on any atom is 0.117 e. The molecule has 0 aliphatic carbocycles. The van der Waals surface area contributed by atoms with Crippen LogP contribution in [0.15, 0.2) is 23.2 Å². The molecule has 1 fully saturated rings. The Morgan fingerprint density at radius 1 is 1.38 bits per heavy atom. The lowest BCUT2D eigenvalue weighted by Crippen LogP contribution is -2.37. The van der Waals surface area contributed by atoms with Crippen molar-refractivity contribution in [2.45, 2.75) is 19.4 Å². The minimum absolute atomic E-state index is 0.357. The van der Waals surface area contributed by atoms with Crippen LogP contribution in [0.3, 0.4) is 0 Å². The molecule has 1 aromatic rings. The fourth-order valence-electron chi connectivity index (χ4n) is 1.76. The van der Waals surface area contributed by atoms with E-state index in [0.717, 1.165) is 17.9 Å². The Kier molecular flexibility index (Phi) is 3.26. The number of hydrazine groups is 1. The maximum atomic E-state index is 5.99. The van der Waals surface area contributed by atoms with E-state index in [1.807, 2.05) is 17.1 Å². The van der Waals surface area contributed by atoms with Gasteiger partial charge in [-0.3, -0.25) is 15.4 Å². The third-order valence-electron chi connectivity index (χ3n) is 2.63. The first-order valence-corrected chi connectivity index (χ1v) is 5.84. The lowest BCUT2D eigenvalue weighted by atomic mass is 10.2. The van der Waals surface area contributed by atoms with Crippen LogP contribution in [0.2, 0.25) is 10.0 Å². The molecule has 0 radical (unpaired) electrons. The van der Waals surface area contributed by atoms with Gasteiger partial charge in [-0.25, -0.2) is 0 Å². The maximum absolute atomic E-state index is 5.99. The quantitative estimate of drug-likeness (QED) is 0.838. The Labute approximate surface area is 105 Å². The number of anilines is 1. The van der Waals surface area contributed by atoms with Gasteiger partial charge in [-0.15, -0.1) is 0 Å². The Morgan fingerprint density at radius 2 is 2.12 bits per heavy atom. The second kappa shape index (κ2) is 4.52. The first-order chi connectivity index (χ1) is 7.61. The van der Waals surface area contributed by atoms with Gasteiger partial charge < -0.3 is 0 Å². The highest BCUT2D eigenvalue weighted by atomic mass is 35.5. The normalized spacial score (nSPS) is 22.6. The number of halogens is 2. The van der Waals surface area contributed by atoms with Crippen molar-refractivity contribution in [2.24, 2.45) is 4.99 Å². The highest BCUT2D eigenvalue weighted by molar-refractivity contribution is 6.42. The molecule has 1 saturated heterocycles. The van der Waals surface area contributed by atoms with Crippen molar-refractivity contribution < 1.29 is 0 Å². The van der Waals surface area contributed by atoms with E-state index in [-0.39, 0.29) is 0 Å². The van der Waals surface area contributed by atoms with Crippen molar-refractivity contribution in [1.82, 2.24) is 5.43 Å². The molecule has 5 heteroatoms. The fraction of sp³-hybridized carbons (Fsp3) is 0.364. The zero-order valence-electron chi connectivity index (χ0n) is 9.17. The summed E-state index contributed by atoms with van der Waals surface area (Å²) in [6.07, 6.45) is 0.913. The average Bonchev–Trinajstić information content (AvgIpc) is 2.64. The number of hydrogen-bond acceptors (Lipinski definition) is 2. The summed E-state index contributed by atoms with van der Waals surface area (Å²) < 4.78 is 0. The van der Waals surface area contributed by atoms with Crippen LogP contribution in [0.25, 0.3) is 0 Å². The lowest BCUT2D eigenvalue weighted by Gasteiger charge is -2.23. The van der Waals surface area contributed by atoms with Crippen LogP contribution >= 0.6 is 23.2 Å². The van der Waals surface area contributed by atoms with Gasteiger partial charge in [0.15, 0.2) is 0 Å². The highest BCUT2D eigenvalue weighted by Gasteiger charge is 2.25. The fourth-order valence-corrected chi connectivity index (χ4v) is 2.05. The molecule has 1 aliphatic heterocycles. The van der Waals surface area contributed by atoms with Gasteiger partial charge in [-0.05, 0) is 25.1 Å². The van der Waals surface area contributed by atoms with Gasteiger partial charge in [0.2, 0.25) is 0 Å². The second-order valence-electron chi connectivity index (χ2n) is 3.80. The lowest BCUT2D eigenvalue weighted by molar-refractivity contribution is 0.700. The van der Waals surface area contributed by atoms with Gasteiger partial charge in [0.05, 0.1) is 21.8 Å². The minimum atomic E-state index is 0.357. The van der Waals surface area contributed by atoms with E-state index in [0.29, 0.717) is 16.1 Å². The van der Waals surface area contributed by atoms with Crippen LogP contribution in [-0.2, 0) is 0 Å². The van der Waals surface area contributed by atoms with E-state index in [2.05, 4.69) is 17.3 Å². The van der Waals surface area contributed by atoms with Crippen LogP contribution < -0.4 is 10.4 Å². The van der Waals surface area contributed by atoms with E-state index < -0.39 is 0 Å². The smallest absolute Gasteiger partial charge is 0.117 e. The summed E-state index contributed by atoms with van der Waals surface area (Å²) in [7, 11) is 1.79. The van der Waals surface area contributed by atoms with Gasteiger partial charge >= 0.3 is 0 Å². The van der Waals surface area contributed by atoms with Gasteiger partial charge in [-0.2, -0.15) is 0 Å². The highest BCUT2D eigenvalue weighted by Crippen LogP contribution is 2.29. The van der Waals surface area contributed by atoms with Crippen molar-refractivity contribution in [2.75, 3.05) is 12.1 Å². The molecule has 0 amide bonds. The first kappa shape index (κ1) is 11.6. The molecule has 0 spiro atoms. The summed E-state index contributed by atoms with van der Waals surface area (Å²) in [4.78, 5) is 4.16. The zero-order chi connectivity index (χ0) is 11.7. The van der Waals surface area contributed by atoms with Crippen LogP contribution in [0.1, 0.15) is 13.3 Å². The van der Waals surface area contributed by atoms with Crippen LogP contribution in [-0.4, -0.2) is 18.9 Å². The number of nitrogens with zero attached hydrogens (tertiary/aromatic N) is 2. The molecule has 1 atom stereocenters. The van der Waals surface area contributed by atoms with Crippen molar-refractivity contribution >= 4 is 34.7 Å². The molecule has 0 aromatic heterocycles. The Bertz CT molecular complexity index is 431. The molecule has 0 bridgehead atoms. The molecular formula is C11H13Cl2N3. The minimum Gasteiger partial charge on any atom is -0.285 e.